The molecule has 3 aromatic rings. The highest BCUT2D eigenvalue weighted by molar-refractivity contribution is 5.91. The van der Waals surface area contributed by atoms with Crippen LogP contribution in [-0.2, 0) is 0 Å². The Hall–Kier alpha value is -2.63. The van der Waals surface area contributed by atoms with Crippen LogP contribution in [0.25, 0.3) is 11.0 Å². The number of imidazole rings is 1. The number of aromatic amines is 1. The Labute approximate surface area is 133 Å². The molecule has 0 aliphatic carbocycles. The Kier molecular flexibility index (Phi) is 3.37. The molecule has 0 bridgehead atoms. The molecule has 1 aromatic carbocycles. The Morgan fingerprint density at radius 1 is 1.30 bits per heavy atom. The summed E-state index contributed by atoms with van der Waals surface area (Å²) in [6.45, 7) is 3.23. The van der Waals surface area contributed by atoms with Gasteiger partial charge in [0.1, 0.15) is 5.82 Å². The van der Waals surface area contributed by atoms with Crippen molar-refractivity contribution < 1.29 is 9.32 Å². The molecule has 0 spiro atoms. The molecule has 0 radical (unpaired) electrons. The predicted octanol–water partition coefficient (Wildman–Crippen LogP) is 2.88. The maximum absolute atomic E-state index is 12.4. The van der Waals surface area contributed by atoms with Crippen LogP contribution in [0.15, 0.2) is 34.9 Å². The van der Waals surface area contributed by atoms with Crippen molar-refractivity contribution in [2.75, 3.05) is 13.1 Å². The zero-order chi connectivity index (χ0) is 15.8. The number of benzene rings is 1. The van der Waals surface area contributed by atoms with E-state index >= 15 is 0 Å². The first-order valence-corrected chi connectivity index (χ1v) is 7.88. The molecule has 1 aliphatic heterocycles. The maximum Gasteiger partial charge on any atom is 0.292 e. The van der Waals surface area contributed by atoms with Crippen molar-refractivity contribution in [1.29, 1.82) is 0 Å². The minimum Gasteiger partial charge on any atom is -0.351 e. The lowest BCUT2D eigenvalue weighted by Crippen LogP contribution is -2.37. The molecular weight excluding hydrogens is 292 g/mol. The fourth-order valence-corrected chi connectivity index (χ4v) is 3.14. The van der Waals surface area contributed by atoms with E-state index in [1.54, 1.807) is 6.07 Å². The maximum atomic E-state index is 12.4. The number of nitrogens with one attached hydrogen (secondary N) is 1. The Bertz CT molecular complexity index is 810. The van der Waals surface area contributed by atoms with Gasteiger partial charge in [-0.3, -0.25) is 4.79 Å². The molecule has 0 atom stereocenters. The van der Waals surface area contributed by atoms with Gasteiger partial charge in [-0.05, 0) is 31.9 Å². The van der Waals surface area contributed by atoms with E-state index in [2.05, 4.69) is 15.1 Å². The molecule has 1 saturated heterocycles. The monoisotopic (exact) mass is 310 g/mol. The van der Waals surface area contributed by atoms with Crippen LogP contribution in [0, 0.1) is 6.92 Å². The molecule has 23 heavy (non-hydrogen) atoms. The van der Waals surface area contributed by atoms with E-state index in [0.717, 1.165) is 35.4 Å². The number of hydrogen-bond donors (Lipinski definition) is 1. The third-order valence-corrected chi connectivity index (χ3v) is 4.42. The van der Waals surface area contributed by atoms with Crippen LogP contribution in [0.5, 0.6) is 0 Å². The summed E-state index contributed by atoms with van der Waals surface area (Å²) in [5, 5.41) is 3.78. The van der Waals surface area contributed by atoms with Crippen molar-refractivity contribution in [2.45, 2.75) is 25.7 Å². The van der Waals surface area contributed by atoms with Gasteiger partial charge in [0.2, 0.25) is 5.76 Å². The van der Waals surface area contributed by atoms with E-state index in [1.165, 1.54) is 0 Å². The summed E-state index contributed by atoms with van der Waals surface area (Å²) in [5.41, 5.74) is 2.79. The number of carbonyl (C=O) groups is 1. The first kappa shape index (κ1) is 14.0. The van der Waals surface area contributed by atoms with Crippen molar-refractivity contribution in [1.82, 2.24) is 20.0 Å². The van der Waals surface area contributed by atoms with E-state index in [4.69, 9.17) is 4.52 Å². The smallest absolute Gasteiger partial charge is 0.292 e. The number of likely N-dealkylation sites (tertiary alicyclic amines) is 1. The highest BCUT2D eigenvalue weighted by Gasteiger charge is 2.27. The predicted molar refractivity (Wildman–Crippen MR) is 85.2 cm³/mol. The molecule has 1 aliphatic rings. The normalized spacial score (nSPS) is 16.1. The molecule has 1 N–H and O–H groups in total. The van der Waals surface area contributed by atoms with Gasteiger partial charge < -0.3 is 14.4 Å². The average Bonchev–Trinajstić information content (AvgIpc) is 3.20. The largest absolute Gasteiger partial charge is 0.351 e. The van der Waals surface area contributed by atoms with E-state index < -0.39 is 0 Å². The highest BCUT2D eigenvalue weighted by atomic mass is 16.5. The van der Waals surface area contributed by atoms with Crippen molar-refractivity contribution >= 4 is 16.9 Å². The van der Waals surface area contributed by atoms with Crippen molar-refractivity contribution in [2.24, 2.45) is 0 Å². The molecule has 6 heteroatoms. The third kappa shape index (κ3) is 2.60. The van der Waals surface area contributed by atoms with Gasteiger partial charge in [-0.25, -0.2) is 4.98 Å². The average molecular weight is 310 g/mol. The van der Waals surface area contributed by atoms with Crippen LogP contribution in [0.4, 0.5) is 0 Å². The second kappa shape index (κ2) is 5.53. The summed E-state index contributed by atoms with van der Waals surface area (Å²) >= 11 is 0. The third-order valence-electron chi connectivity index (χ3n) is 4.42. The van der Waals surface area contributed by atoms with Gasteiger partial charge in [0, 0.05) is 25.1 Å². The van der Waals surface area contributed by atoms with Gasteiger partial charge in [-0.1, -0.05) is 17.3 Å². The number of para-hydroxylation sites is 2. The number of H-pyrrole nitrogens is 1. The highest BCUT2D eigenvalue weighted by Crippen LogP contribution is 2.28. The van der Waals surface area contributed by atoms with Gasteiger partial charge in [0.25, 0.3) is 5.91 Å². The van der Waals surface area contributed by atoms with Crippen LogP contribution in [0.1, 0.15) is 40.8 Å². The molecule has 4 rings (SSSR count). The number of fused-ring (bicyclic) bond motifs is 1. The molecule has 0 unspecified atom stereocenters. The van der Waals surface area contributed by atoms with E-state index in [1.807, 2.05) is 36.1 Å². The topological polar surface area (TPSA) is 75.0 Å². The summed E-state index contributed by atoms with van der Waals surface area (Å²) < 4.78 is 5.07. The van der Waals surface area contributed by atoms with Crippen molar-refractivity contribution in [3.05, 3.63) is 47.6 Å². The number of aromatic nitrogens is 3. The SMILES string of the molecule is Cc1cc(C(=O)N2CCC(c3nc4ccccc4[nH]3)CC2)on1. The van der Waals surface area contributed by atoms with Gasteiger partial charge in [0.05, 0.1) is 16.7 Å². The standard InChI is InChI=1S/C17H18N4O2/c1-11-10-15(23-20-11)17(22)21-8-6-12(7-9-21)16-18-13-4-2-3-5-14(13)19-16/h2-5,10,12H,6-9H2,1H3,(H,18,19). The zero-order valence-electron chi connectivity index (χ0n) is 13.0. The lowest BCUT2D eigenvalue weighted by atomic mass is 9.96. The Morgan fingerprint density at radius 2 is 2.09 bits per heavy atom. The van der Waals surface area contributed by atoms with Gasteiger partial charge in [-0.15, -0.1) is 0 Å². The molecule has 118 valence electrons. The number of carbonyl (C=O) groups excluding carboxylic acids is 1. The number of nitrogens with zero attached hydrogens (tertiary/aromatic N) is 3. The zero-order valence-corrected chi connectivity index (χ0v) is 13.0. The molecule has 3 heterocycles. The molecular formula is C17H18N4O2. The van der Waals surface area contributed by atoms with E-state index in [-0.39, 0.29) is 5.91 Å². The van der Waals surface area contributed by atoms with Gasteiger partial charge in [-0.2, -0.15) is 0 Å². The first-order chi connectivity index (χ1) is 11.2. The minimum atomic E-state index is -0.0753. The van der Waals surface area contributed by atoms with E-state index in [0.29, 0.717) is 24.8 Å². The molecule has 2 aromatic heterocycles. The lowest BCUT2D eigenvalue weighted by molar-refractivity contribution is 0.0669. The van der Waals surface area contributed by atoms with Crippen molar-refractivity contribution in [3.8, 4) is 0 Å². The van der Waals surface area contributed by atoms with Crippen LogP contribution in [0.3, 0.4) is 0 Å². The summed E-state index contributed by atoms with van der Waals surface area (Å²) in [6, 6.07) is 9.74. The first-order valence-electron chi connectivity index (χ1n) is 7.88. The van der Waals surface area contributed by atoms with Gasteiger partial charge >= 0.3 is 0 Å². The van der Waals surface area contributed by atoms with Crippen LogP contribution >= 0.6 is 0 Å². The summed E-state index contributed by atoms with van der Waals surface area (Å²) in [7, 11) is 0. The van der Waals surface area contributed by atoms with Gasteiger partial charge in [0.15, 0.2) is 0 Å². The number of piperidine rings is 1. The quantitative estimate of drug-likeness (QED) is 0.789. The Balaban J connectivity index is 1.45. The van der Waals surface area contributed by atoms with Crippen LogP contribution in [-0.4, -0.2) is 39.0 Å². The van der Waals surface area contributed by atoms with Crippen LogP contribution < -0.4 is 0 Å². The summed E-state index contributed by atoms with van der Waals surface area (Å²) in [6.07, 6.45) is 1.80. The summed E-state index contributed by atoms with van der Waals surface area (Å²) in [4.78, 5) is 22.3. The second-order valence-electron chi connectivity index (χ2n) is 6.04. The summed E-state index contributed by atoms with van der Waals surface area (Å²) in [5.74, 6) is 1.63. The Morgan fingerprint density at radius 3 is 2.78 bits per heavy atom. The fourth-order valence-electron chi connectivity index (χ4n) is 3.14. The molecule has 1 amide bonds. The number of aryl methyl sites for hydroxylation is 1. The fraction of sp³-hybridized carbons (Fsp3) is 0.353. The number of hydrogen-bond acceptors (Lipinski definition) is 4. The minimum absolute atomic E-state index is 0.0753. The molecule has 6 nitrogen and oxygen atoms in total. The lowest BCUT2D eigenvalue weighted by Gasteiger charge is -2.30. The second-order valence-corrected chi connectivity index (χ2v) is 6.04. The number of rotatable bonds is 2. The van der Waals surface area contributed by atoms with Crippen LogP contribution in [0.2, 0.25) is 0 Å². The van der Waals surface area contributed by atoms with Crippen molar-refractivity contribution in [3.63, 3.8) is 0 Å². The molecule has 0 saturated carbocycles. The number of amides is 1. The van der Waals surface area contributed by atoms with E-state index in [9.17, 15) is 4.79 Å². The molecule has 1 fully saturated rings.